The van der Waals surface area contributed by atoms with Crippen LogP contribution in [0.4, 0.5) is 0 Å². The van der Waals surface area contributed by atoms with E-state index in [0.717, 1.165) is 0 Å². The molecular formula is C9H12O4S. The van der Waals surface area contributed by atoms with E-state index in [2.05, 4.69) is 0 Å². The SMILES string of the molecule is CCc1cc(OC)ccc1S(=O)(=O)O. The Hall–Kier alpha value is -1.07. The summed E-state index contributed by atoms with van der Waals surface area (Å²) in [6.07, 6.45) is 0.520. The summed E-state index contributed by atoms with van der Waals surface area (Å²) in [5.74, 6) is 0.578. The van der Waals surface area contributed by atoms with Crippen molar-refractivity contribution in [3.63, 3.8) is 0 Å². The van der Waals surface area contributed by atoms with Crippen LogP contribution in [-0.2, 0) is 16.5 Å². The summed E-state index contributed by atoms with van der Waals surface area (Å²) < 4.78 is 35.7. The monoisotopic (exact) mass is 216 g/mol. The van der Waals surface area contributed by atoms with E-state index in [0.29, 0.717) is 17.7 Å². The highest BCUT2D eigenvalue weighted by atomic mass is 32.2. The minimum atomic E-state index is -4.13. The normalized spacial score (nSPS) is 11.4. The second-order valence-electron chi connectivity index (χ2n) is 2.80. The van der Waals surface area contributed by atoms with Gasteiger partial charge in [0.25, 0.3) is 10.1 Å². The van der Waals surface area contributed by atoms with Crippen LogP contribution in [0.5, 0.6) is 5.75 Å². The van der Waals surface area contributed by atoms with Crippen LogP contribution >= 0.6 is 0 Å². The van der Waals surface area contributed by atoms with Gasteiger partial charge in [0.15, 0.2) is 0 Å². The highest BCUT2D eigenvalue weighted by Crippen LogP contribution is 2.21. The molecular weight excluding hydrogens is 204 g/mol. The molecule has 0 aliphatic carbocycles. The van der Waals surface area contributed by atoms with Crippen molar-refractivity contribution in [3.8, 4) is 5.75 Å². The molecule has 0 spiro atoms. The van der Waals surface area contributed by atoms with Crippen LogP contribution in [0, 0.1) is 0 Å². The molecule has 0 aromatic heterocycles. The number of methoxy groups -OCH3 is 1. The molecule has 1 rings (SSSR count). The van der Waals surface area contributed by atoms with Gasteiger partial charge in [-0.2, -0.15) is 8.42 Å². The Balaban J connectivity index is 3.33. The Morgan fingerprint density at radius 2 is 2.07 bits per heavy atom. The number of benzene rings is 1. The van der Waals surface area contributed by atoms with Crippen molar-refractivity contribution in [1.82, 2.24) is 0 Å². The molecule has 0 aliphatic heterocycles. The smallest absolute Gasteiger partial charge is 0.294 e. The molecule has 78 valence electrons. The third-order valence-electron chi connectivity index (χ3n) is 1.93. The third-order valence-corrected chi connectivity index (χ3v) is 2.88. The van der Waals surface area contributed by atoms with Crippen molar-refractivity contribution in [2.75, 3.05) is 7.11 Å². The van der Waals surface area contributed by atoms with Gasteiger partial charge in [-0.1, -0.05) is 6.92 Å². The summed E-state index contributed by atoms with van der Waals surface area (Å²) in [5.41, 5.74) is 0.548. The second-order valence-corrected chi connectivity index (χ2v) is 4.19. The van der Waals surface area contributed by atoms with E-state index >= 15 is 0 Å². The molecule has 4 nitrogen and oxygen atoms in total. The average Bonchev–Trinajstić information content (AvgIpc) is 2.15. The highest BCUT2D eigenvalue weighted by molar-refractivity contribution is 7.85. The zero-order valence-electron chi connectivity index (χ0n) is 8.02. The first-order valence-corrected chi connectivity index (χ1v) is 5.57. The predicted molar refractivity (Wildman–Crippen MR) is 52.2 cm³/mol. The van der Waals surface area contributed by atoms with Crippen LogP contribution < -0.4 is 4.74 Å². The Labute approximate surface area is 83.3 Å². The first-order valence-electron chi connectivity index (χ1n) is 4.13. The summed E-state index contributed by atoms with van der Waals surface area (Å²) in [6, 6.07) is 4.44. The Kier molecular flexibility index (Phi) is 3.13. The van der Waals surface area contributed by atoms with Gasteiger partial charge in [-0.15, -0.1) is 0 Å². The maximum atomic E-state index is 10.9. The van der Waals surface area contributed by atoms with Crippen LogP contribution in [0.3, 0.4) is 0 Å². The molecule has 1 aromatic carbocycles. The van der Waals surface area contributed by atoms with E-state index in [9.17, 15) is 8.42 Å². The van der Waals surface area contributed by atoms with Crippen LogP contribution in [0.25, 0.3) is 0 Å². The Morgan fingerprint density at radius 1 is 1.43 bits per heavy atom. The lowest BCUT2D eigenvalue weighted by Crippen LogP contribution is -2.02. The zero-order chi connectivity index (χ0) is 10.8. The van der Waals surface area contributed by atoms with Crippen molar-refractivity contribution >= 4 is 10.1 Å². The first-order chi connectivity index (χ1) is 6.49. The van der Waals surface area contributed by atoms with Gasteiger partial charge >= 0.3 is 0 Å². The number of ether oxygens (including phenoxy) is 1. The van der Waals surface area contributed by atoms with E-state index in [1.807, 2.05) is 6.92 Å². The molecule has 0 amide bonds. The molecule has 5 heteroatoms. The fourth-order valence-corrected chi connectivity index (χ4v) is 1.99. The number of rotatable bonds is 3. The van der Waals surface area contributed by atoms with Gasteiger partial charge in [-0.25, -0.2) is 0 Å². The molecule has 0 heterocycles. The lowest BCUT2D eigenvalue weighted by Gasteiger charge is -2.06. The molecule has 1 aromatic rings. The standard InChI is InChI=1S/C9H12O4S/c1-3-7-6-8(13-2)4-5-9(7)14(10,11)12/h4-6H,3H2,1-2H3,(H,10,11,12). The molecule has 0 saturated heterocycles. The third kappa shape index (κ3) is 2.24. The number of aryl methyl sites for hydroxylation is 1. The van der Waals surface area contributed by atoms with Crippen LogP contribution in [0.2, 0.25) is 0 Å². The zero-order valence-corrected chi connectivity index (χ0v) is 8.84. The summed E-state index contributed by atoms with van der Waals surface area (Å²) in [6.45, 7) is 1.81. The molecule has 14 heavy (non-hydrogen) atoms. The van der Waals surface area contributed by atoms with E-state index in [-0.39, 0.29) is 4.90 Å². The Bertz CT molecular complexity index is 422. The van der Waals surface area contributed by atoms with Crippen molar-refractivity contribution in [3.05, 3.63) is 23.8 Å². The van der Waals surface area contributed by atoms with E-state index in [4.69, 9.17) is 9.29 Å². The van der Waals surface area contributed by atoms with E-state index < -0.39 is 10.1 Å². The van der Waals surface area contributed by atoms with Crippen molar-refractivity contribution in [2.24, 2.45) is 0 Å². The average molecular weight is 216 g/mol. The topological polar surface area (TPSA) is 63.6 Å². The van der Waals surface area contributed by atoms with Gasteiger partial charge in [0.1, 0.15) is 5.75 Å². The first kappa shape index (κ1) is 11.0. The minimum absolute atomic E-state index is 0.0548. The van der Waals surface area contributed by atoms with Gasteiger partial charge in [0.2, 0.25) is 0 Å². The summed E-state index contributed by atoms with van der Waals surface area (Å²) in [7, 11) is -2.62. The molecule has 0 bridgehead atoms. The fraction of sp³-hybridized carbons (Fsp3) is 0.333. The predicted octanol–water partition coefficient (Wildman–Crippen LogP) is 1.50. The second kappa shape index (κ2) is 3.98. The molecule has 0 unspecified atom stereocenters. The lowest BCUT2D eigenvalue weighted by molar-refractivity contribution is 0.413. The molecule has 0 saturated carbocycles. The molecule has 0 radical (unpaired) electrons. The number of hydrogen-bond acceptors (Lipinski definition) is 3. The number of hydrogen-bond donors (Lipinski definition) is 1. The van der Waals surface area contributed by atoms with Crippen molar-refractivity contribution in [2.45, 2.75) is 18.2 Å². The minimum Gasteiger partial charge on any atom is -0.497 e. The summed E-state index contributed by atoms with van der Waals surface area (Å²) in [4.78, 5) is -0.0548. The lowest BCUT2D eigenvalue weighted by atomic mass is 10.1. The largest absolute Gasteiger partial charge is 0.497 e. The van der Waals surface area contributed by atoms with E-state index in [1.54, 1.807) is 6.07 Å². The van der Waals surface area contributed by atoms with Crippen molar-refractivity contribution in [1.29, 1.82) is 0 Å². The molecule has 0 aliphatic rings. The fourth-order valence-electron chi connectivity index (χ4n) is 1.21. The van der Waals surface area contributed by atoms with Gasteiger partial charge in [0.05, 0.1) is 12.0 Å². The quantitative estimate of drug-likeness (QED) is 0.778. The highest BCUT2D eigenvalue weighted by Gasteiger charge is 2.14. The van der Waals surface area contributed by atoms with Gasteiger partial charge < -0.3 is 4.74 Å². The van der Waals surface area contributed by atoms with Gasteiger partial charge in [-0.3, -0.25) is 4.55 Å². The molecule has 0 fully saturated rings. The summed E-state index contributed by atoms with van der Waals surface area (Å²) in [5, 5.41) is 0. The maximum Gasteiger partial charge on any atom is 0.294 e. The maximum absolute atomic E-state index is 10.9. The van der Waals surface area contributed by atoms with Crippen LogP contribution in [0.15, 0.2) is 23.1 Å². The van der Waals surface area contributed by atoms with E-state index in [1.165, 1.54) is 19.2 Å². The molecule has 0 atom stereocenters. The molecule has 1 N–H and O–H groups in total. The van der Waals surface area contributed by atoms with Gasteiger partial charge in [0, 0.05) is 0 Å². The van der Waals surface area contributed by atoms with Crippen LogP contribution in [0.1, 0.15) is 12.5 Å². The Morgan fingerprint density at radius 3 is 2.50 bits per heavy atom. The summed E-state index contributed by atoms with van der Waals surface area (Å²) >= 11 is 0. The van der Waals surface area contributed by atoms with Crippen LogP contribution in [-0.4, -0.2) is 20.1 Å². The van der Waals surface area contributed by atoms with Crippen molar-refractivity contribution < 1.29 is 17.7 Å². The van der Waals surface area contributed by atoms with Gasteiger partial charge in [-0.05, 0) is 30.2 Å².